The Morgan fingerprint density at radius 1 is 0.907 bits per heavy atom. The largest absolute Gasteiger partial charge is 0.490 e. The van der Waals surface area contributed by atoms with Crippen LogP contribution in [0.25, 0.3) is 6.08 Å². The van der Waals surface area contributed by atoms with E-state index in [-0.39, 0.29) is 18.3 Å². The number of aliphatic imine (C=N–C) groups is 1. The highest BCUT2D eigenvalue weighted by molar-refractivity contribution is 8.18. The van der Waals surface area contributed by atoms with E-state index >= 15 is 0 Å². The lowest BCUT2D eigenvalue weighted by Crippen LogP contribution is -2.28. The van der Waals surface area contributed by atoms with Crippen molar-refractivity contribution in [3.8, 4) is 11.5 Å². The summed E-state index contributed by atoms with van der Waals surface area (Å²) in [6, 6.07) is 30.1. The second kappa shape index (κ2) is 14.5. The Morgan fingerprint density at radius 3 is 2.33 bits per heavy atom. The molecule has 5 rings (SSSR count). The van der Waals surface area contributed by atoms with Crippen molar-refractivity contribution in [1.29, 1.82) is 0 Å². The van der Waals surface area contributed by atoms with Crippen LogP contribution < -0.4 is 9.47 Å². The molecule has 1 aliphatic rings. The number of amidine groups is 1. The van der Waals surface area contributed by atoms with Crippen LogP contribution in [0.15, 0.2) is 120 Å². The number of nitrogens with zero attached hydrogens (tertiary/aromatic N) is 2. The molecule has 0 aliphatic carbocycles. The highest BCUT2D eigenvalue weighted by Gasteiger charge is 2.33. The second-order valence-corrected chi connectivity index (χ2v) is 10.9. The summed E-state index contributed by atoms with van der Waals surface area (Å²) in [7, 11) is 0. The number of allylic oxidation sites excluding steroid dienone is 1. The maximum atomic E-state index is 13.8. The number of thioether (sulfide) groups is 1. The summed E-state index contributed by atoms with van der Waals surface area (Å²) in [4.78, 5) is 20.9. The van der Waals surface area contributed by atoms with Gasteiger partial charge in [-0.3, -0.25) is 14.7 Å². The summed E-state index contributed by atoms with van der Waals surface area (Å²) in [6.07, 6.45) is 4.20. The molecule has 0 bridgehead atoms. The smallest absolute Gasteiger partial charge is 0.267 e. The summed E-state index contributed by atoms with van der Waals surface area (Å²) in [5.74, 6) is 0.718. The lowest BCUT2D eigenvalue weighted by Gasteiger charge is -2.17. The molecule has 1 amide bonds. The quantitative estimate of drug-likeness (QED) is 0.123. The molecule has 1 fully saturated rings. The van der Waals surface area contributed by atoms with Gasteiger partial charge in [-0.25, -0.2) is 4.39 Å². The molecule has 0 atom stereocenters. The van der Waals surface area contributed by atoms with Gasteiger partial charge in [0.2, 0.25) is 0 Å². The normalized spacial score (nSPS) is 14.8. The first-order chi connectivity index (χ1) is 21.0. The number of halogens is 1. The lowest BCUT2D eigenvalue weighted by molar-refractivity contribution is -0.122. The van der Waals surface area contributed by atoms with Crippen molar-refractivity contribution >= 4 is 28.9 Å². The summed E-state index contributed by atoms with van der Waals surface area (Å²) < 4.78 is 25.9. The maximum absolute atomic E-state index is 13.8. The van der Waals surface area contributed by atoms with Crippen LogP contribution in [0.5, 0.6) is 11.5 Å². The van der Waals surface area contributed by atoms with Gasteiger partial charge >= 0.3 is 0 Å². The van der Waals surface area contributed by atoms with Crippen molar-refractivity contribution in [3.05, 3.63) is 148 Å². The molecule has 1 aliphatic heterocycles. The Labute approximate surface area is 256 Å². The van der Waals surface area contributed by atoms with Crippen molar-refractivity contribution in [3.63, 3.8) is 0 Å². The molecule has 0 saturated carbocycles. The van der Waals surface area contributed by atoms with Crippen LogP contribution in [0.3, 0.4) is 0 Å². The molecule has 0 spiro atoms. The number of rotatable bonds is 12. The summed E-state index contributed by atoms with van der Waals surface area (Å²) in [5, 5.41) is 0.662. The number of amides is 1. The molecule has 4 aromatic rings. The Kier molecular flexibility index (Phi) is 10.1. The minimum atomic E-state index is -0.314. The van der Waals surface area contributed by atoms with Gasteiger partial charge in [-0.15, -0.1) is 6.58 Å². The van der Waals surface area contributed by atoms with Crippen molar-refractivity contribution in [2.24, 2.45) is 4.99 Å². The number of carbonyl (C=O) groups excluding carboxylic acids is 1. The van der Waals surface area contributed by atoms with E-state index in [0.717, 1.165) is 22.3 Å². The fourth-order valence-corrected chi connectivity index (χ4v) is 5.68. The molecule has 4 aromatic carbocycles. The number of carbonyl (C=O) groups is 1. The third kappa shape index (κ3) is 7.81. The van der Waals surface area contributed by atoms with Gasteiger partial charge in [0.25, 0.3) is 5.91 Å². The van der Waals surface area contributed by atoms with Gasteiger partial charge in [0.15, 0.2) is 16.7 Å². The van der Waals surface area contributed by atoms with Crippen LogP contribution in [-0.4, -0.2) is 22.6 Å². The van der Waals surface area contributed by atoms with E-state index in [2.05, 4.69) is 6.58 Å². The summed E-state index contributed by atoms with van der Waals surface area (Å²) in [6.45, 7) is 7.34. The number of hydrogen-bond acceptors (Lipinski definition) is 5. The predicted molar refractivity (Wildman–Crippen MR) is 172 cm³/mol. The maximum Gasteiger partial charge on any atom is 0.267 e. The molecule has 0 radical (unpaired) electrons. The van der Waals surface area contributed by atoms with Gasteiger partial charge in [-0.1, -0.05) is 78.9 Å². The van der Waals surface area contributed by atoms with Gasteiger partial charge in [0.1, 0.15) is 12.4 Å². The van der Waals surface area contributed by atoms with E-state index in [9.17, 15) is 9.18 Å². The Hall–Kier alpha value is -4.62. The van der Waals surface area contributed by atoms with Crippen LogP contribution in [0.4, 0.5) is 4.39 Å². The standard InChI is InChI=1S/C36H33FN2O3S/c1-3-12-30-19-29(21-32(41-4-2)34(30)42-25-28-17-11-18-31(37)20-28)22-33-35(40)39(24-27-15-9-6-10-16-27)36(43-33)38-23-26-13-7-5-8-14-26/h3,5-11,13-22H,1,4,12,23-25H2,2H3/b33-22+,38-36?. The third-order valence-electron chi connectivity index (χ3n) is 6.70. The van der Waals surface area contributed by atoms with Crippen LogP contribution in [-0.2, 0) is 30.9 Å². The molecule has 218 valence electrons. The van der Waals surface area contributed by atoms with Crippen LogP contribution in [0.1, 0.15) is 34.7 Å². The van der Waals surface area contributed by atoms with Crippen molar-refractivity contribution in [2.45, 2.75) is 33.0 Å². The molecule has 0 N–H and O–H groups in total. The van der Waals surface area contributed by atoms with E-state index in [1.165, 1.54) is 23.9 Å². The lowest BCUT2D eigenvalue weighted by atomic mass is 10.0. The van der Waals surface area contributed by atoms with Gasteiger partial charge < -0.3 is 9.47 Å². The van der Waals surface area contributed by atoms with Crippen molar-refractivity contribution in [1.82, 2.24) is 4.90 Å². The summed E-state index contributed by atoms with van der Waals surface area (Å²) in [5.41, 5.74) is 4.48. The molecule has 5 nitrogen and oxygen atoms in total. The van der Waals surface area contributed by atoms with Gasteiger partial charge in [-0.05, 0) is 77.7 Å². The zero-order chi connectivity index (χ0) is 30.0. The van der Waals surface area contributed by atoms with Crippen LogP contribution in [0.2, 0.25) is 0 Å². The average molecular weight is 593 g/mol. The van der Waals surface area contributed by atoms with E-state index in [4.69, 9.17) is 14.5 Å². The molecular formula is C36H33FN2O3S. The first kappa shape index (κ1) is 29.9. The molecule has 7 heteroatoms. The first-order valence-corrected chi connectivity index (χ1v) is 15.0. The molecule has 1 heterocycles. The monoisotopic (exact) mass is 592 g/mol. The van der Waals surface area contributed by atoms with Gasteiger partial charge in [0, 0.05) is 5.56 Å². The highest BCUT2D eigenvalue weighted by Crippen LogP contribution is 2.38. The second-order valence-electron chi connectivity index (χ2n) is 9.92. The Morgan fingerprint density at radius 2 is 1.63 bits per heavy atom. The van der Waals surface area contributed by atoms with Gasteiger partial charge in [-0.2, -0.15) is 0 Å². The Bertz CT molecular complexity index is 1640. The number of benzene rings is 4. The van der Waals surface area contributed by atoms with E-state index in [0.29, 0.717) is 53.3 Å². The average Bonchev–Trinajstić information content (AvgIpc) is 3.30. The number of hydrogen-bond donors (Lipinski definition) is 0. The van der Waals surface area contributed by atoms with E-state index in [1.54, 1.807) is 17.0 Å². The minimum Gasteiger partial charge on any atom is -0.490 e. The molecule has 1 saturated heterocycles. The van der Waals surface area contributed by atoms with Crippen LogP contribution >= 0.6 is 11.8 Å². The van der Waals surface area contributed by atoms with E-state index in [1.807, 2.05) is 91.9 Å². The number of ether oxygens (including phenoxy) is 2. The SMILES string of the molecule is C=CCc1cc(/C=C2/SC(=NCc3ccccc3)N(Cc3ccccc3)C2=O)cc(OCC)c1OCc1cccc(F)c1. The zero-order valence-corrected chi connectivity index (χ0v) is 24.9. The molecule has 0 unspecified atom stereocenters. The fourth-order valence-electron chi connectivity index (χ4n) is 4.71. The Balaban J connectivity index is 1.47. The molecule has 0 aromatic heterocycles. The van der Waals surface area contributed by atoms with Crippen LogP contribution in [0, 0.1) is 5.82 Å². The van der Waals surface area contributed by atoms with Crippen molar-refractivity contribution in [2.75, 3.05) is 6.61 Å². The third-order valence-corrected chi connectivity index (χ3v) is 7.74. The molecular weight excluding hydrogens is 559 g/mol. The predicted octanol–water partition coefficient (Wildman–Crippen LogP) is 8.20. The minimum absolute atomic E-state index is 0.102. The van der Waals surface area contributed by atoms with Crippen molar-refractivity contribution < 1.29 is 18.7 Å². The zero-order valence-electron chi connectivity index (χ0n) is 24.0. The molecule has 43 heavy (non-hydrogen) atoms. The highest BCUT2D eigenvalue weighted by atomic mass is 32.2. The van der Waals surface area contributed by atoms with E-state index < -0.39 is 0 Å². The van der Waals surface area contributed by atoms with Gasteiger partial charge in [0.05, 0.1) is 24.6 Å². The topological polar surface area (TPSA) is 51.1 Å². The fraction of sp³-hybridized carbons (Fsp3) is 0.167. The first-order valence-electron chi connectivity index (χ1n) is 14.2. The summed E-state index contributed by atoms with van der Waals surface area (Å²) >= 11 is 1.37.